The first-order chi connectivity index (χ1) is 12.7. The van der Waals surface area contributed by atoms with Crippen LogP contribution < -0.4 is 0 Å². The van der Waals surface area contributed by atoms with Crippen molar-refractivity contribution in [2.75, 3.05) is 13.2 Å². The average Bonchev–Trinajstić information content (AvgIpc) is 2.65. The minimum Gasteiger partial charge on any atom is -0.463 e. The molecule has 0 bridgehead atoms. The summed E-state index contributed by atoms with van der Waals surface area (Å²) in [6.45, 7) is 1.76. The number of carbonyl (C=O) groups excluding carboxylic acids is 1. The number of allylic oxidation sites excluding steroid dienone is 2. The lowest BCUT2D eigenvalue weighted by Gasteiger charge is -2.10. The first-order valence-electron chi connectivity index (χ1n) is 10.5. The number of aliphatic hydroxyl groups excluding tert-OH is 1. The Labute approximate surface area is 159 Å². The van der Waals surface area contributed by atoms with Crippen LogP contribution in [0, 0.1) is 0 Å². The second-order valence-corrected chi connectivity index (χ2v) is 6.93. The third-order valence-electron chi connectivity index (χ3n) is 4.43. The molecule has 0 fully saturated rings. The zero-order chi connectivity index (χ0) is 19.3. The summed E-state index contributed by atoms with van der Waals surface area (Å²) in [5.41, 5.74) is 0. The number of unbranched alkanes of at least 4 members (excludes halogenated alkanes) is 11. The van der Waals surface area contributed by atoms with Crippen LogP contribution in [0.4, 0.5) is 0 Å². The van der Waals surface area contributed by atoms with Crippen molar-refractivity contribution < 1.29 is 24.8 Å². The van der Waals surface area contributed by atoms with Crippen LogP contribution in [-0.2, 0) is 14.4 Å². The smallest absolute Gasteiger partial charge is 0.305 e. The molecule has 0 heterocycles. The van der Waals surface area contributed by atoms with E-state index in [1.54, 1.807) is 0 Å². The molecule has 0 radical (unpaired) electrons. The SMILES string of the molecule is CCCCCCCC/C=C\CCCCCCCC(=O)OC[C@H](CO)OO. The minimum absolute atomic E-state index is 0.114. The zero-order valence-corrected chi connectivity index (χ0v) is 16.7. The first-order valence-corrected chi connectivity index (χ1v) is 10.5. The molecule has 0 spiro atoms. The van der Waals surface area contributed by atoms with Crippen molar-refractivity contribution in [1.82, 2.24) is 0 Å². The van der Waals surface area contributed by atoms with Crippen molar-refractivity contribution in [1.29, 1.82) is 0 Å². The van der Waals surface area contributed by atoms with Gasteiger partial charge < -0.3 is 9.84 Å². The molecular weight excluding hydrogens is 332 g/mol. The number of aliphatic hydroxyl groups is 1. The highest BCUT2D eigenvalue weighted by Crippen LogP contribution is 2.10. The van der Waals surface area contributed by atoms with Crippen LogP contribution in [0.25, 0.3) is 0 Å². The van der Waals surface area contributed by atoms with Crippen LogP contribution in [0.3, 0.4) is 0 Å². The van der Waals surface area contributed by atoms with Gasteiger partial charge in [0, 0.05) is 6.42 Å². The van der Waals surface area contributed by atoms with Crippen molar-refractivity contribution in [2.45, 2.75) is 103 Å². The predicted molar refractivity (Wildman–Crippen MR) is 105 cm³/mol. The maximum Gasteiger partial charge on any atom is 0.305 e. The Morgan fingerprint density at radius 2 is 1.42 bits per heavy atom. The molecule has 0 amide bonds. The molecule has 0 aromatic heterocycles. The Balaban J connectivity index is 3.28. The van der Waals surface area contributed by atoms with Crippen molar-refractivity contribution in [3.05, 3.63) is 12.2 Å². The van der Waals surface area contributed by atoms with E-state index < -0.39 is 6.10 Å². The van der Waals surface area contributed by atoms with Gasteiger partial charge in [0.05, 0.1) is 6.61 Å². The average molecular weight is 373 g/mol. The minimum atomic E-state index is -0.854. The predicted octanol–water partition coefficient (Wildman–Crippen LogP) is 5.42. The van der Waals surface area contributed by atoms with Crippen LogP contribution in [0.15, 0.2) is 12.2 Å². The second-order valence-electron chi connectivity index (χ2n) is 6.93. The third-order valence-corrected chi connectivity index (χ3v) is 4.43. The second kappa shape index (κ2) is 20.4. The number of hydrogen-bond donors (Lipinski definition) is 2. The summed E-state index contributed by atoms with van der Waals surface area (Å²) in [7, 11) is 0. The number of ether oxygens (including phenoxy) is 1. The quantitative estimate of drug-likeness (QED) is 0.104. The fraction of sp³-hybridized carbons (Fsp3) is 0.857. The summed E-state index contributed by atoms with van der Waals surface area (Å²) in [6.07, 6.45) is 20.1. The van der Waals surface area contributed by atoms with E-state index in [0.717, 1.165) is 25.7 Å². The summed E-state index contributed by atoms with van der Waals surface area (Å²) in [5.74, 6) is -0.307. The van der Waals surface area contributed by atoms with Gasteiger partial charge >= 0.3 is 5.97 Å². The Morgan fingerprint density at radius 3 is 1.96 bits per heavy atom. The van der Waals surface area contributed by atoms with Crippen molar-refractivity contribution in [3.8, 4) is 0 Å². The molecule has 0 saturated heterocycles. The van der Waals surface area contributed by atoms with E-state index in [0.29, 0.717) is 6.42 Å². The number of hydrogen-bond acceptors (Lipinski definition) is 5. The van der Waals surface area contributed by atoms with Gasteiger partial charge in [-0.05, 0) is 32.1 Å². The van der Waals surface area contributed by atoms with Gasteiger partial charge in [0.15, 0.2) is 0 Å². The van der Waals surface area contributed by atoms with Gasteiger partial charge in [-0.1, -0.05) is 70.4 Å². The lowest BCUT2D eigenvalue weighted by atomic mass is 10.1. The molecule has 0 aliphatic carbocycles. The maximum absolute atomic E-state index is 11.5. The van der Waals surface area contributed by atoms with Crippen LogP contribution in [-0.4, -0.2) is 35.7 Å². The van der Waals surface area contributed by atoms with Crippen LogP contribution in [0.5, 0.6) is 0 Å². The van der Waals surface area contributed by atoms with Gasteiger partial charge in [-0.3, -0.25) is 10.1 Å². The Hall–Kier alpha value is -0.910. The molecule has 154 valence electrons. The summed E-state index contributed by atoms with van der Waals surface area (Å²) in [6, 6.07) is 0. The number of rotatable bonds is 19. The van der Waals surface area contributed by atoms with Gasteiger partial charge in [-0.15, -0.1) is 0 Å². The van der Waals surface area contributed by atoms with Gasteiger partial charge in [0.2, 0.25) is 0 Å². The maximum atomic E-state index is 11.5. The fourth-order valence-electron chi connectivity index (χ4n) is 2.71. The summed E-state index contributed by atoms with van der Waals surface area (Å²) in [5, 5.41) is 17.2. The van der Waals surface area contributed by atoms with E-state index >= 15 is 0 Å². The third kappa shape index (κ3) is 17.9. The van der Waals surface area contributed by atoms with Gasteiger partial charge in [-0.25, -0.2) is 4.89 Å². The summed E-state index contributed by atoms with van der Waals surface area (Å²) >= 11 is 0. The molecule has 2 N–H and O–H groups in total. The molecule has 0 aliphatic heterocycles. The Morgan fingerprint density at radius 1 is 0.885 bits per heavy atom. The lowest BCUT2D eigenvalue weighted by molar-refractivity contribution is -0.291. The molecule has 0 rings (SSSR count). The Bertz CT molecular complexity index is 326. The zero-order valence-electron chi connectivity index (χ0n) is 16.7. The van der Waals surface area contributed by atoms with Crippen molar-refractivity contribution in [2.24, 2.45) is 0 Å². The first kappa shape index (κ1) is 25.1. The normalized spacial score (nSPS) is 12.6. The molecule has 5 nitrogen and oxygen atoms in total. The van der Waals surface area contributed by atoms with Crippen molar-refractivity contribution >= 4 is 5.97 Å². The van der Waals surface area contributed by atoms with E-state index in [1.807, 2.05) is 0 Å². The largest absolute Gasteiger partial charge is 0.463 e. The molecule has 0 aromatic rings. The highest BCUT2D eigenvalue weighted by atomic mass is 17.1. The summed E-state index contributed by atoms with van der Waals surface area (Å²) in [4.78, 5) is 15.4. The molecule has 0 aromatic carbocycles. The highest BCUT2D eigenvalue weighted by molar-refractivity contribution is 5.69. The van der Waals surface area contributed by atoms with E-state index in [1.165, 1.54) is 57.8 Å². The molecule has 1 atom stereocenters. The van der Waals surface area contributed by atoms with Gasteiger partial charge in [0.1, 0.15) is 12.7 Å². The molecule has 5 heteroatoms. The number of esters is 1. The van der Waals surface area contributed by atoms with Gasteiger partial charge in [-0.2, -0.15) is 0 Å². The fourth-order valence-corrected chi connectivity index (χ4v) is 2.71. The van der Waals surface area contributed by atoms with Crippen LogP contribution >= 0.6 is 0 Å². The van der Waals surface area contributed by atoms with E-state index in [2.05, 4.69) is 24.0 Å². The molecule has 0 unspecified atom stereocenters. The van der Waals surface area contributed by atoms with Gasteiger partial charge in [0.25, 0.3) is 0 Å². The standard InChI is InChI=1S/C21H40O5/c1-2-3-4-5-6-7-8-9-10-11-12-13-14-15-16-17-21(23)25-19-20(18-22)26-24/h9-10,20,22,24H,2-8,11-19H2,1H3/b10-9-/t20-/m0/s1. The topological polar surface area (TPSA) is 76.0 Å². The van der Waals surface area contributed by atoms with E-state index in [9.17, 15) is 4.79 Å². The van der Waals surface area contributed by atoms with Crippen LogP contribution in [0.2, 0.25) is 0 Å². The molecular formula is C21H40O5. The molecule has 0 saturated carbocycles. The van der Waals surface area contributed by atoms with Crippen LogP contribution in [0.1, 0.15) is 96.8 Å². The van der Waals surface area contributed by atoms with E-state index in [-0.39, 0.29) is 19.2 Å². The summed E-state index contributed by atoms with van der Waals surface area (Å²) < 4.78 is 4.91. The molecule has 0 aliphatic rings. The Kier molecular flexibility index (Phi) is 19.7. The number of carbonyl (C=O) groups is 1. The van der Waals surface area contributed by atoms with Crippen molar-refractivity contribution in [3.63, 3.8) is 0 Å². The highest BCUT2D eigenvalue weighted by Gasteiger charge is 2.10. The molecule has 26 heavy (non-hydrogen) atoms. The monoisotopic (exact) mass is 372 g/mol. The van der Waals surface area contributed by atoms with E-state index in [4.69, 9.17) is 15.1 Å². The lowest BCUT2D eigenvalue weighted by Crippen LogP contribution is -2.24.